The van der Waals surface area contributed by atoms with E-state index in [1.54, 1.807) is 0 Å². The first-order valence-electron chi connectivity index (χ1n) is 3.55. The van der Waals surface area contributed by atoms with Crippen LogP contribution in [0, 0.1) is 0 Å². The van der Waals surface area contributed by atoms with Gasteiger partial charge in [-0.05, 0) is 13.8 Å². The first kappa shape index (κ1) is 9.88. The highest BCUT2D eigenvalue weighted by atomic mass is 16.5. The maximum atomic E-state index is 9.86. The van der Waals surface area contributed by atoms with Gasteiger partial charge in [-0.25, -0.2) is 5.11 Å². The van der Waals surface area contributed by atoms with Gasteiger partial charge >= 0.3 is 0 Å². The average molecular weight is 147 g/mol. The first-order chi connectivity index (χ1) is 4.77. The molecule has 0 rings (SSSR count). The normalized spacial score (nSPS) is 10.8. The Morgan fingerprint density at radius 2 is 1.90 bits per heavy atom. The van der Waals surface area contributed by atoms with E-state index in [1.807, 2.05) is 13.8 Å². The molecule has 0 aliphatic carbocycles. The van der Waals surface area contributed by atoms with Crippen LogP contribution >= 0.6 is 0 Å². The summed E-state index contributed by atoms with van der Waals surface area (Å²) in [6.07, 6.45) is 0.246. The highest BCUT2D eigenvalue weighted by Crippen LogP contribution is 1.86. The molecule has 0 saturated heterocycles. The lowest BCUT2D eigenvalue weighted by molar-refractivity contribution is 0.00253. The molecule has 3 heteroatoms. The number of hydrogen-bond donors (Lipinski definition) is 0. The van der Waals surface area contributed by atoms with Gasteiger partial charge in [-0.1, -0.05) is 0 Å². The molecule has 61 valence electrons. The third kappa shape index (κ3) is 7.88. The van der Waals surface area contributed by atoms with Crippen molar-refractivity contribution in [3.63, 3.8) is 0 Å². The Bertz CT molecular complexity index is 63.9. The molecule has 0 saturated carbocycles. The zero-order chi connectivity index (χ0) is 7.82. The van der Waals surface area contributed by atoms with E-state index in [0.717, 1.165) is 0 Å². The van der Waals surface area contributed by atoms with E-state index in [4.69, 9.17) is 9.47 Å². The molecule has 0 aromatic carbocycles. The van der Waals surface area contributed by atoms with Crippen molar-refractivity contribution in [2.75, 3.05) is 26.4 Å². The van der Waals surface area contributed by atoms with Gasteiger partial charge in [0.25, 0.3) is 0 Å². The Balaban J connectivity index is 2.77. The minimum absolute atomic E-state index is 0.165. The molecule has 0 aliphatic heterocycles. The molecule has 3 nitrogen and oxygen atoms in total. The lowest BCUT2D eigenvalue weighted by Crippen LogP contribution is -2.10. The van der Waals surface area contributed by atoms with Gasteiger partial charge in [0.2, 0.25) is 0 Å². The van der Waals surface area contributed by atoms with Gasteiger partial charge < -0.3 is 9.47 Å². The van der Waals surface area contributed by atoms with E-state index in [9.17, 15) is 5.11 Å². The predicted molar refractivity (Wildman–Crippen MR) is 37.5 cm³/mol. The zero-order valence-electron chi connectivity index (χ0n) is 6.63. The minimum atomic E-state index is -0.165. The Hall–Kier alpha value is -0.120. The Labute approximate surface area is 62.0 Å². The van der Waals surface area contributed by atoms with E-state index in [1.165, 1.54) is 0 Å². The van der Waals surface area contributed by atoms with E-state index < -0.39 is 0 Å². The monoisotopic (exact) mass is 147 g/mol. The largest absolute Gasteiger partial charge is 0.377 e. The van der Waals surface area contributed by atoms with Crippen molar-refractivity contribution in [1.29, 1.82) is 0 Å². The summed E-state index contributed by atoms with van der Waals surface area (Å²) in [5, 5.41) is 9.86. The van der Waals surface area contributed by atoms with Crippen molar-refractivity contribution in [3.8, 4) is 0 Å². The molecule has 10 heavy (non-hydrogen) atoms. The number of hydrogen-bond acceptors (Lipinski definition) is 2. The quantitative estimate of drug-likeness (QED) is 0.522. The van der Waals surface area contributed by atoms with Crippen LogP contribution < -0.4 is 0 Å². The summed E-state index contributed by atoms with van der Waals surface area (Å²) in [4.78, 5) is 0. The Morgan fingerprint density at radius 1 is 1.20 bits per heavy atom. The fraction of sp³-hybridized carbons (Fsp3) is 1.00. The van der Waals surface area contributed by atoms with Crippen LogP contribution in [0.25, 0.3) is 0 Å². The van der Waals surface area contributed by atoms with Crippen LogP contribution in [0.2, 0.25) is 0 Å². The van der Waals surface area contributed by atoms with Crippen LogP contribution in [-0.2, 0) is 14.6 Å². The maximum Gasteiger partial charge on any atom is 0.106 e. The summed E-state index contributed by atoms with van der Waals surface area (Å²) >= 11 is 0. The Morgan fingerprint density at radius 3 is 2.40 bits per heavy atom. The van der Waals surface area contributed by atoms with Crippen LogP contribution in [0.3, 0.4) is 0 Å². The standard InChI is InChI=1S/C7H15O3/c1-7(2)10-6-5-9-4-3-8/h7H,3-6H2,1-2H3. The zero-order valence-corrected chi connectivity index (χ0v) is 6.63. The van der Waals surface area contributed by atoms with Crippen molar-refractivity contribution in [2.24, 2.45) is 0 Å². The van der Waals surface area contributed by atoms with Crippen LogP contribution in [0.15, 0.2) is 0 Å². The van der Waals surface area contributed by atoms with Crippen LogP contribution in [0.5, 0.6) is 0 Å². The third-order valence-corrected chi connectivity index (χ3v) is 0.907. The molecular formula is C7H15O3. The average Bonchev–Trinajstić information content (AvgIpc) is 1.87. The van der Waals surface area contributed by atoms with E-state index >= 15 is 0 Å². The lowest BCUT2D eigenvalue weighted by atomic mass is 10.5. The van der Waals surface area contributed by atoms with Crippen molar-refractivity contribution < 1.29 is 14.6 Å². The van der Waals surface area contributed by atoms with Gasteiger partial charge in [-0.15, -0.1) is 0 Å². The molecule has 0 heterocycles. The molecule has 0 aliphatic rings. The van der Waals surface area contributed by atoms with E-state index in [0.29, 0.717) is 19.8 Å². The summed E-state index contributed by atoms with van der Waals surface area (Å²) in [5.41, 5.74) is 0. The lowest BCUT2D eigenvalue weighted by Gasteiger charge is -2.06. The van der Waals surface area contributed by atoms with Crippen molar-refractivity contribution in [2.45, 2.75) is 20.0 Å². The first-order valence-corrected chi connectivity index (χ1v) is 3.55. The van der Waals surface area contributed by atoms with Gasteiger partial charge in [0.05, 0.1) is 25.9 Å². The SMILES string of the molecule is CC(C)OCCOCC[O]. The molecule has 0 fully saturated rings. The van der Waals surface area contributed by atoms with E-state index in [-0.39, 0.29) is 12.7 Å². The van der Waals surface area contributed by atoms with Crippen molar-refractivity contribution in [3.05, 3.63) is 0 Å². The summed E-state index contributed by atoms with van der Waals surface area (Å²) in [7, 11) is 0. The summed E-state index contributed by atoms with van der Waals surface area (Å²) in [5.74, 6) is 0. The predicted octanol–water partition coefficient (Wildman–Crippen LogP) is 0.858. The summed E-state index contributed by atoms with van der Waals surface area (Å²) in [6.45, 7) is 5.17. The molecule has 0 spiro atoms. The fourth-order valence-corrected chi connectivity index (χ4v) is 0.504. The number of ether oxygens (including phenoxy) is 2. The highest BCUT2D eigenvalue weighted by Gasteiger charge is 1.91. The molecular weight excluding hydrogens is 132 g/mol. The van der Waals surface area contributed by atoms with Crippen LogP contribution in [0.1, 0.15) is 13.8 Å². The van der Waals surface area contributed by atoms with Crippen LogP contribution in [-0.4, -0.2) is 32.5 Å². The second kappa shape index (κ2) is 6.99. The topological polar surface area (TPSA) is 38.4 Å². The Kier molecular flexibility index (Phi) is 6.91. The number of rotatable bonds is 6. The molecule has 0 amide bonds. The van der Waals surface area contributed by atoms with Gasteiger partial charge in [0, 0.05) is 0 Å². The maximum absolute atomic E-state index is 9.86. The molecule has 0 aromatic heterocycles. The molecule has 1 radical (unpaired) electrons. The van der Waals surface area contributed by atoms with Gasteiger partial charge in [0.1, 0.15) is 6.61 Å². The smallest absolute Gasteiger partial charge is 0.106 e. The molecule has 0 bridgehead atoms. The molecule has 0 N–H and O–H groups in total. The molecule has 0 atom stereocenters. The van der Waals surface area contributed by atoms with Gasteiger partial charge in [0.15, 0.2) is 0 Å². The fourth-order valence-electron chi connectivity index (χ4n) is 0.504. The molecule has 0 aromatic rings. The molecule has 0 unspecified atom stereocenters. The highest BCUT2D eigenvalue weighted by molar-refractivity contribution is 4.36. The summed E-state index contributed by atoms with van der Waals surface area (Å²) in [6, 6.07) is 0. The van der Waals surface area contributed by atoms with E-state index in [2.05, 4.69) is 0 Å². The van der Waals surface area contributed by atoms with Crippen molar-refractivity contribution in [1.82, 2.24) is 0 Å². The summed E-state index contributed by atoms with van der Waals surface area (Å²) < 4.78 is 10.1. The van der Waals surface area contributed by atoms with Gasteiger partial charge in [-0.2, -0.15) is 0 Å². The van der Waals surface area contributed by atoms with Crippen molar-refractivity contribution >= 4 is 0 Å². The minimum Gasteiger partial charge on any atom is -0.377 e. The van der Waals surface area contributed by atoms with Crippen LogP contribution in [0.4, 0.5) is 0 Å². The second-order valence-corrected chi connectivity index (χ2v) is 2.24. The third-order valence-electron chi connectivity index (χ3n) is 0.907. The second-order valence-electron chi connectivity index (χ2n) is 2.24. The van der Waals surface area contributed by atoms with Gasteiger partial charge in [-0.3, -0.25) is 0 Å².